The Hall–Kier alpha value is -2.24. The molecule has 2 N–H and O–H groups in total. The number of ether oxygens (including phenoxy) is 1. The Bertz CT molecular complexity index is 539. The Balaban J connectivity index is 1.84. The van der Waals surface area contributed by atoms with Crippen LogP contribution in [-0.2, 0) is 4.79 Å². The lowest BCUT2D eigenvalue weighted by Gasteiger charge is -2.28. The molecule has 6 heteroatoms. The van der Waals surface area contributed by atoms with Gasteiger partial charge in [-0.1, -0.05) is 18.2 Å². The van der Waals surface area contributed by atoms with Gasteiger partial charge in [0.05, 0.1) is 6.04 Å². The molecule has 0 unspecified atom stereocenters. The Morgan fingerprint density at radius 3 is 2.73 bits per heavy atom. The number of hydrogen-bond donors (Lipinski definition) is 2. The summed E-state index contributed by atoms with van der Waals surface area (Å²) in [5.74, 6) is 0.738. The number of piperazine rings is 1. The monoisotopic (exact) mass is 305 g/mol. The summed E-state index contributed by atoms with van der Waals surface area (Å²) in [6, 6.07) is 5.61. The van der Waals surface area contributed by atoms with Crippen molar-refractivity contribution in [2.75, 3.05) is 26.2 Å². The third-order valence-electron chi connectivity index (χ3n) is 3.58. The van der Waals surface area contributed by atoms with Crippen LogP contribution in [0.5, 0.6) is 5.75 Å². The number of urea groups is 1. The first kappa shape index (κ1) is 16.1. The fourth-order valence-corrected chi connectivity index (χ4v) is 2.39. The molecular weight excluding hydrogens is 282 g/mol. The van der Waals surface area contributed by atoms with E-state index in [1.807, 2.05) is 39.0 Å². The number of aryl methyl sites for hydroxylation is 2. The second-order valence-electron chi connectivity index (χ2n) is 5.65. The number of carbonyl (C=O) groups is 2. The second kappa shape index (κ2) is 7.15. The molecular formula is C16H23N3O3. The minimum Gasteiger partial charge on any atom is -0.491 e. The molecule has 1 aromatic rings. The second-order valence-corrected chi connectivity index (χ2v) is 5.65. The van der Waals surface area contributed by atoms with Gasteiger partial charge in [-0.25, -0.2) is 4.79 Å². The first-order valence-corrected chi connectivity index (χ1v) is 7.48. The van der Waals surface area contributed by atoms with Gasteiger partial charge < -0.3 is 20.3 Å². The number of carbonyl (C=O) groups excluding carboxylic acids is 2. The lowest BCUT2D eigenvalue weighted by atomic mass is 10.1. The summed E-state index contributed by atoms with van der Waals surface area (Å²) in [4.78, 5) is 24.9. The average molecular weight is 305 g/mol. The van der Waals surface area contributed by atoms with Crippen LogP contribution in [0.1, 0.15) is 18.1 Å². The summed E-state index contributed by atoms with van der Waals surface area (Å²) in [7, 11) is 0. The van der Waals surface area contributed by atoms with Crippen LogP contribution < -0.4 is 15.4 Å². The zero-order valence-electron chi connectivity index (χ0n) is 13.3. The molecule has 1 aromatic carbocycles. The highest BCUT2D eigenvalue weighted by Gasteiger charge is 2.22. The largest absolute Gasteiger partial charge is 0.491 e. The van der Waals surface area contributed by atoms with Crippen LogP contribution in [0.25, 0.3) is 0 Å². The van der Waals surface area contributed by atoms with E-state index in [1.54, 1.807) is 0 Å². The highest BCUT2D eigenvalue weighted by Crippen LogP contribution is 2.22. The number of nitrogens with one attached hydrogen (secondary N) is 2. The number of nitrogens with zero attached hydrogens (tertiary/aromatic N) is 1. The van der Waals surface area contributed by atoms with Crippen molar-refractivity contribution in [2.45, 2.75) is 26.8 Å². The van der Waals surface area contributed by atoms with Gasteiger partial charge in [-0.15, -0.1) is 0 Å². The number of amides is 3. The fourth-order valence-electron chi connectivity index (χ4n) is 2.39. The van der Waals surface area contributed by atoms with Crippen LogP contribution in [0, 0.1) is 13.8 Å². The van der Waals surface area contributed by atoms with E-state index >= 15 is 0 Å². The number of rotatable bonds is 4. The lowest BCUT2D eigenvalue weighted by Crippen LogP contribution is -2.54. The molecule has 0 radical (unpaired) electrons. The van der Waals surface area contributed by atoms with Gasteiger partial charge in [0.15, 0.2) is 0 Å². The van der Waals surface area contributed by atoms with Gasteiger partial charge in [-0.05, 0) is 31.9 Å². The molecule has 6 nitrogen and oxygen atoms in total. The van der Waals surface area contributed by atoms with Crippen molar-refractivity contribution in [3.05, 3.63) is 29.3 Å². The Morgan fingerprint density at radius 1 is 1.41 bits per heavy atom. The fraction of sp³-hybridized carbons (Fsp3) is 0.500. The summed E-state index contributed by atoms with van der Waals surface area (Å²) < 4.78 is 5.83. The molecule has 1 saturated heterocycles. The van der Waals surface area contributed by atoms with Crippen molar-refractivity contribution in [1.82, 2.24) is 15.5 Å². The molecule has 120 valence electrons. The van der Waals surface area contributed by atoms with Crippen LogP contribution in [-0.4, -0.2) is 49.1 Å². The highest BCUT2D eigenvalue weighted by atomic mass is 16.5. The molecule has 1 atom stereocenters. The highest BCUT2D eigenvalue weighted by molar-refractivity contribution is 5.85. The van der Waals surface area contributed by atoms with E-state index in [9.17, 15) is 9.59 Å². The molecule has 3 amide bonds. The molecule has 22 heavy (non-hydrogen) atoms. The molecule has 1 fully saturated rings. The maximum Gasteiger partial charge on any atom is 0.318 e. The molecule has 0 aliphatic carbocycles. The number of benzene rings is 1. The molecule has 1 aliphatic heterocycles. The van der Waals surface area contributed by atoms with Gasteiger partial charge in [0, 0.05) is 13.1 Å². The van der Waals surface area contributed by atoms with Gasteiger partial charge >= 0.3 is 6.03 Å². The first-order chi connectivity index (χ1) is 10.5. The molecule has 2 rings (SSSR count). The SMILES string of the molecule is Cc1cccc(C)c1OC[C@@H](C)NC(=O)N1CCNC(=O)C1. The maximum absolute atomic E-state index is 12.1. The van der Waals surface area contributed by atoms with Crippen LogP contribution in [0.3, 0.4) is 0 Å². The Kier molecular flexibility index (Phi) is 5.25. The topological polar surface area (TPSA) is 70.7 Å². The third kappa shape index (κ3) is 4.13. The van der Waals surface area contributed by atoms with E-state index < -0.39 is 0 Å². The van der Waals surface area contributed by atoms with E-state index in [2.05, 4.69) is 10.6 Å². The third-order valence-corrected chi connectivity index (χ3v) is 3.58. The molecule has 0 bridgehead atoms. The summed E-state index contributed by atoms with van der Waals surface area (Å²) in [6.07, 6.45) is 0. The molecule has 0 spiro atoms. The van der Waals surface area contributed by atoms with E-state index in [4.69, 9.17) is 4.74 Å². The Labute approximate surface area is 130 Å². The van der Waals surface area contributed by atoms with Crippen LogP contribution >= 0.6 is 0 Å². The van der Waals surface area contributed by atoms with Crippen molar-refractivity contribution in [3.8, 4) is 5.75 Å². The van der Waals surface area contributed by atoms with E-state index in [1.165, 1.54) is 4.90 Å². The van der Waals surface area contributed by atoms with Crippen molar-refractivity contribution in [2.24, 2.45) is 0 Å². The quantitative estimate of drug-likeness (QED) is 0.878. The summed E-state index contributed by atoms with van der Waals surface area (Å²) in [5.41, 5.74) is 2.15. The molecule has 1 heterocycles. The molecule has 0 saturated carbocycles. The summed E-state index contributed by atoms with van der Waals surface area (Å²) in [5, 5.41) is 5.56. The van der Waals surface area contributed by atoms with Crippen LogP contribution in [0.2, 0.25) is 0 Å². The zero-order chi connectivity index (χ0) is 16.1. The number of para-hydroxylation sites is 1. The van der Waals surface area contributed by atoms with Gasteiger partial charge in [0.25, 0.3) is 0 Å². The average Bonchev–Trinajstić information content (AvgIpc) is 2.46. The summed E-state index contributed by atoms with van der Waals surface area (Å²) in [6.45, 7) is 7.40. The van der Waals surface area contributed by atoms with Gasteiger partial charge in [-0.2, -0.15) is 0 Å². The van der Waals surface area contributed by atoms with Gasteiger partial charge in [-0.3, -0.25) is 4.79 Å². The predicted octanol–water partition coefficient (Wildman–Crippen LogP) is 1.21. The standard InChI is InChI=1S/C16H23N3O3/c1-11-5-4-6-12(2)15(11)22-10-13(3)18-16(21)19-8-7-17-14(20)9-19/h4-6,13H,7-10H2,1-3H3,(H,17,20)(H,18,21)/t13-/m1/s1. The van der Waals surface area contributed by atoms with E-state index in [0.29, 0.717) is 19.7 Å². The lowest BCUT2D eigenvalue weighted by molar-refractivity contribution is -0.123. The summed E-state index contributed by atoms with van der Waals surface area (Å²) >= 11 is 0. The molecule has 0 aromatic heterocycles. The Morgan fingerprint density at radius 2 is 2.09 bits per heavy atom. The minimum atomic E-state index is -0.229. The minimum absolute atomic E-state index is 0.107. The normalized spacial score (nSPS) is 16.0. The van der Waals surface area contributed by atoms with E-state index in [0.717, 1.165) is 16.9 Å². The van der Waals surface area contributed by atoms with Crippen molar-refractivity contribution in [3.63, 3.8) is 0 Å². The predicted molar refractivity (Wildman–Crippen MR) is 84.0 cm³/mol. The van der Waals surface area contributed by atoms with Crippen molar-refractivity contribution >= 4 is 11.9 Å². The first-order valence-electron chi connectivity index (χ1n) is 7.48. The van der Waals surface area contributed by atoms with Crippen molar-refractivity contribution < 1.29 is 14.3 Å². The number of hydrogen-bond acceptors (Lipinski definition) is 3. The van der Waals surface area contributed by atoms with E-state index in [-0.39, 0.29) is 24.5 Å². The van der Waals surface area contributed by atoms with Crippen LogP contribution in [0.15, 0.2) is 18.2 Å². The smallest absolute Gasteiger partial charge is 0.318 e. The zero-order valence-corrected chi connectivity index (χ0v) is 13.3. The van der Waals surface area contributed by atoms with Crippen molar-refractivity contribution in [1.29, 1.82) is 0 Å². The van der Waals surface area contributed by atoms with Gasteiger partial charge in [0.2, 0.25) is 5.91 Å². The molecule has 1 aliphatic rings. The van der Waals surface area contributed by atoms with Gasteiger partial charge in [0.1, 0.15) is 18.9 Å². The maximum atomic E-state index is 12.1. The van der Waals surface area contributed by atoms with Crippen LogP contribution in [0.4, 0.5) is 4.79 Å².